The summed E-state index contributed by atoms with van der Waals surface area (Å²) in [5, 5.41) is 9.91. The van der Waals surface area contributed by atoms with E-state index in [4.69, 9.17) is 9.47 Å². The number of benzene rings is 2. The molecule has 2 aromatic rings. The van der Waals surface area contributed by atoms with Gasteiger partial charge in [-0.3, -0.25) is 0 Å². The molecule has 1 atom stereocenters. The Hall–Kier alpha value is -2.53. The Morgan fingerprint density at radius 1 is 1.08 bits per heavy atom. The first-order valence-electron chi connectivity index (χ1n) is 7.75. The lowest BCUT2D eigenvalue weighted by atomic mass is 10.1. The van der Waals surface area contributed by atoms with E-state index < -0.39 is 6.10 Å². The molecule has 0 saturated carbocycles. The number of aliphatic hydroxyl groups is 1. The fourth-order valence-corrected chi connectivity index (χ4v) is 2.26. The molecule has 0 fully saturated rings. The van der Waals surface area contributed by atoms with Gasteiger partial charge in [0.1, 0.15) is 6.61 Å². The molecule has 1 N–H and O–H groups in total. The fraction of sp³-hybridized carbons (Fsp3) is 0.316. The first-order chi connectivity index (χ1) is 11.6. The van der Waals surface area contributed by atoms with Crippen LogP contribution in [0.4, 0.5) is 0 Å². The summed E-state index contributed by atoms with van der Waals surface area (Å²) in [6.07, 6.45) is 0.120. The maximum Gasteiger partial charge on any atom is 0.337 e. The zero-order valence-electron chi connectivity index (χ0n) is 14.1. The molecule has 0 spiro atoms. The van der Waals surface area contributed by atoms with Crippen LogP contribution in [0.5, 0.6) is 11.5 Å². The van der Waals surface area contributed by atoms with Gasteiger partial charge in [0.2, 0.25) is 0 Å². The Balaban J connectivity index is 2.07. The van der Waals surface area contributed by atoms with Gasteiger partial charge in [-0.1, -0.05) is 25.1 Å². The van der Waals surface area contributed by atoms with Gasteiger partial charge in [0.15, 0.2) is 11.5 Å². The fourth-order valence-electron chi connectivity index (χ4n) is 2.26. The number of methoxy groups -OCH3 is 2. The average Bonchev–Trinajstić information content (AvgIpc) is 2.65. The molecule has 0 aliphatic heterocycles. The topological polar surface area (TPSA) is 65.0 Å². The van der Waals surface area contributed by atoms with Crippen molar-refractivity contribution >= 4 is 5.97 Å². The highest BCUT2D eigenvalue weighted by Gasteiger charge is 2.11. The summed E-state index contributed by atoms with van der Waals surface area (Å²) in [4.78, 5) is 11.4. The van der Waals surface area contributed by atoms with Crippen LogP contribution in [-0.4, -0.2) is 25.3 Å². The van der Waals surface area contributed by atoms with Gasteiger partial charge in [0.25, 0.3) is 0 Å². The highest BCUT2D eigenvalue weighted by molar-refractivity contribution is 5.89. The predicted molar refractivity (Wildman–Crippen MR) is 90.4 cm³/mol. The molecule has 0 bridgehead atoms. The number of hydrogen-bond acceptors (Lipinski definition) is 5. The van der Waals surface area contributed by atoms with Gasteiger partial charge in [-0.2, -0.15) is 0 Å². The lowest BCUT2D eigenvalue weighted by molar-refractivity contribution is 0.0600. The van der Waals surface area contributed by atoms with Crippen molar-refractivity contribution in [2.24, 2.45) is 0 Å². The standard InChI is InChI=1S/C19H22O5/c1-4-16(20)15-9-10-17(18(11-15)22-2)24-12-13-5-7-14(8-6-13)19(21)23-3/h5-11,16,20H,4,12H2,1-3H3. The molecule has 0 heterocycles. The van der Waals surface area contributed by atoms with E-state index in [0.29, 0.717) is 30.1 Å². The highest BCUT2D eigenvalue weighted by atomic mass is 16.5. The number of hydrogen-bond donors (Lipinski definition) is 1. The molecule has 5 nitrogen and oxygen atoms in total. The Morgan fingerprint density at radius 3 is 2.38 bits per heavy atom. The molecule has 0 aliphatic carbocycles. The van der Waals surface area contributed by atoms with Crippen molar-refractivity contribution in [2.75, 3.05) is 14.2 Å². The van der Waals surface area contributed by atoms with Crippen molar-refractivity contribution in [1.82, 2.24) is 0 Å². The van der Waals surface area contributed by atoms with Gasteiger partial charge < -0.3 is 19.3 Å². The van der Waals surface area contributed by atoms with Crippen LogP contribution in [0.15, 0.2) is 42.5 Å². The summed E-state index contributed by atoms with van der Waals surface area (Å²) in [6, 6.07) is 12.4. The Morgan fingerprint density at radius 2 is 1.79 bits per heavy atom. The third-order valence-corrected chi connectivity index (χ3v) is 3.73. The SMILES string of the molecule is CCC(O)c1ccc(OCc2ccc(C(=O)OC)cc2)c(OC)c1. The summed E-state index contributed by atoms with van der Waals surface area (Å²) in [6.45, 7) is 2.26. The smallest absolute Gasteiger partial charge is 0.337 e. The molecule has 2 aromatic carbocycles. The van der Waals surface area contributed by atoms with Crippen LogP contribution >= 0.6 is 0 Å². The molecule has 0 amide bonds. The van der Waals surface area contributed by atoms with E-state index in [1.807, 2.05) is 25.1 Å². The van der Waals surface area contributed by atoms with Gasteiger partial charge in [0, 0.05) is 0 Å². The molecule has 2 rings (SSSR count). The molecular weight excluding hydrogens is 308 g/mol. The second-order valence-electron chi connectivity index (χ2n) is 5.31. The number of rotatable bonds is 7. The molecule has 1 unspecified atom stereocenters. The van der Waals surface area contributed by atoms with E-state index in [2.05, 4.69) is 4.74 Å². The van der Waals surface area contributed by atoms with E-state index in [1.54, 1.807) is 31.4 Å². The van der Waals surface area contributed by atoms with Crippen LogP contribution in [0.3, 0.4) is 0 Å². The molecular formula is C19H22O5. The van der Waals surface area contributed by atoms with Crippen LogP contribution in [0.1, 0.15) is 40.9 Å². The van der Waals surface area contributed by atoms with Crippen LogP contribution in [0.2, 0.25) is 0 Å². The van der Waals surface area contributed by atoms with Crippen molar-refractivity contribution in [3.63, 3.8) is 0 Å². The average molecular weight is 330 g/mol. The number of carbonyl (C=O) groups excluding carboxylic acids is 1. The second kappa shape index (κ2) is 8.36. The van der Waals surface area contributed by atoms with Gasteiger partial charge in [-0.25, -0.2) is 4.79 Å². The zero-order chi connectivity index (χ0) is 17.5. The largest absolute Gasteiger partial charge is 0.493 e. The monoisotopic (exact) mass is 330 g/mol. The lowest BCUT2D eigenvalue weighted by Crippen LogP contribution is -2.03. The summed E-state index contributed by atoms with van der Waals surface area (Å²) < 4.78 is 15.8. The molecule has 128 valence electrons. The molecule has 0 radical (unpaired) electrons. The van der Waals surface area contributed by atoms with Crippen LogP contribution in [0.25, 0.3) is 0 Å². The van der Waals surface area contributed by atoms with Gasteiger partial charge >= 0.3 is 5.97 Å². The maximum absolute atomic E-state index is 11.4. The van der Waals surface area contributed by atoms with Crippen molar-refractivity contribution in [3.05, 3.63) is 59.2 Å². The maximum atomic E-state index is 11.4. The van der Waals surface area contributed by atoms with Crippen molar-refractivity contribution in [1.29, 1.82) is 0 Å². The minimum Gasteiger partial charge on any atom is -0.493 e. The van der Waals surface area contributed by atoms with E-state index in [-0.39, 0.29) is 5.97 Å². The first-order valence-corrected chi connectivity index (χ1v) is 7.75. The van der Waals surface area contributed by atoms with Crippen molar-refractivity contribution < 1.29 is 24.1 Å². The quantitative estimate of drug-likeness (QED) is 0.787. The lowest BCUT2D eigenvalue weighted by Gasteiger charge is -2.14. The van der Waals surface area contributed by atoms with E-state index in [9.17, 15) is 9.90 Å². The molecule has 0 saturated heterocycles. The van der Waals surface area contributed by atoms with Crippen LogP contribution < -0.4 is 9.47 Å². The molecule has 5 heteroatoms. The highest BCUT2D eigenvalue weighted by Crippen LogP contribution is 2.31. The van der Waals surface area contributed by atoms with E-state index in [0.717, 1.165) is 11.1 Å². The molecule has 0 aliphatic rings. The Labute approximate surface area is 141 Å². The molecule has 0 aromatic heterocycles. The summed E-state index contributed by atoms with van der Waals surface area (Å²) in [7, 11) is 2.92. The number of aliphatic hydroxyl groups excluding tert-OH is 1. The van der Waals surface area contributed by atoms with E-state index in [1.165, 1.54) is 7.11 Å². The Bertz CT molecular complexity index is 679. The van der Waals surface area contributed by atoms with Gasteiger partial charge in [-0.15, -0.1) is 0 Å². The van der Waals surface area contributed by atoms with Crippen molar-refractivity contribution in [2.45, 2.75) is 26.1 Å². The third kappa shape index (κ3) is 4.26. The predicted octanol–water partition coefficient (Wildman–Crippen LogP) is 3.50. The number of esters is 1. The first kappa shape index (κ1) is 17.8. The zero-order valence-corrected chi connectivity index (χ0v) is 14.1. The van der Waals surface area contributed by atoms with E-state index >= 15 is 0 Å². The normalized spacial score (nSPS) is 11.7. The minimum atomic E-state index is -0.515. The number of carbonyl (C=O) groups is 1. The minimum absolute atomic E-state index is 0.341. The molecule has 24 heavy (non-hydrogen) atoms. The summed E-state index contributed by atoms with van der Waals surface area (Å²) >= 11 is 0. The van der Waals surface area contributed by atoms with Crippen molar-refractivity contribution in [3.8, 4) is 11.5 Å². The summed E-state index contributed by atoms with van der Waals surface area (Å²) in [5.41, 5.74) is 2.21. The van der Waals surface area contributed by atoms with Gasteiger partial charge in [0.05, 0.1) is 25.9 Å². The van der Waals surface area contributed by atoms with Crippen LogP contribution in [-0.2, 0) is 11.3 Å². The number of ether oxygens (including phenoxy) is 3. The third-order valence-electron chi connectivity index (χ3n) is 3.73. The summed E-state index contributed by atoms with van der Waals surface area (Å²) in [5.74, 6) is 0.807. The van der Waals surface area contributed by atoms with Crippen LogP contribution in [0, 0.1) is 0 Å². The van der Waals surface area contributed by atoms with Gasteiger partial charge in [-0.05, 0) is 41.8 Å². The Kier molecular flexibility index (Phi) is 6.21. The second-order valence-corrected chi connectivity index (χ2v) is 5.31.